The molecule has 2 N–H and O–H groups in total. The molecule has 0 aliphatic carbocycles. The summed E-state index contributed by atoms with van der Waals surface area (Å²) in [4.78, 5) is 17.9. The number of aromatic nitrogens is 3. The summed E-state index contributed by atoms with van der Waals surface area (Å²) in [6, 6.07) is 3.56. The fourth-order valence-corrected chi connectivity index (χ4v) is 2.21. The molecule has 2 aromatic heterocycles. The minimum absolute atomic E-state index is 0.0851. The summed E-state index contributed by atoms with van der Waals surface area (Å²) in [6.45, 7) is 5.66. The van der Waals surface area contributed by atoms with Crippen molar-refractivity contribution in [1.82, 2.24) is 20.5 Å². The molecule has 6 heteroatoms. The van der Waals surface area contributed by atoms with E-state index in [4.69, 9.17) is 0 Å². The van der Waals surface area contributed by atoms with Gasteiger partial charge in [-0.15, -0.1) is 11.3 Å². The Bertz CT molecular complexity index is 531. The molecule has 0 saturated carbocycles. The van der Waals surface area contributed by atoms with E-state index in [1.807, 2.05) is 32.9 Å². The lowest BCUT2D eigenvalue weighted by Crippen LogP contribution is -2.26. The number of aromatic amines is 1. The van der Waals surface area contributed by atoms with Gasteiger partial charge in [-0.1, -0.05) is 0 Å². The molecule has 5 nitrogen and oxygen atoms in total. The average Bonchev–Trinajstić information content (AvgIpc) is 2.87. The third-order valence-corrected chi connectivity index (χ3v) is 3.31. The van der Waals surface area contributed by atoms with Crippen LogP contribution in [-0.4, -0.2) is 21.1 Å². The molecule has 0 radical (unpaired) electrons. The van der Waals surface area contributed by atoms with E-state index in [0.717, 1.165) is 10.7 Å². The molecule has 0 saturated heterocycles. The van der Waals surface area contributed by atoms with Crippen LogP contribution in [0.15, 0.2) is 12.1 Å². The molecule has 0 unspecified atom stereocenters. The van der Waals surface area contributed by atoms with Crippen LogP contribution < -0.4 is 5.32 Å². The van der Waals surface area contributed by atoms with Crippen LogP contribution in [0.2, 0.25) is 0 Å². The second-order valence-electron chi connectivity index (χ2n) is 3.88. The molecule has 2 rings (SSSR count). The van der Waals surface area contributed by atoms with Crippen LogP contribution in [0, 0.1) is 13.8 Å². The standard InChI is InChI=1S/C11H14N4OS/c1-6-4-5-9(17-6)11(16)12-7(2)10-13-8(3)14-15-10/h4-5,7H,1-3H3,(H,12,16)(H,13,14,15)/t7-/m0/s1. The highest BCUT2D eigenvalue weighted by molar-refractivity contribution is 7.13. The summed E-state index contributed by atoms with van der Waals surface area (Å²) in [5.41, 5.74) is 0. The highest BCUT2D eigenvalue weighted by Crippen LogP contribution is 2.16. The first-order valence-corrected chi connectivity index (χ1v) is 6.14. The molecule has 0 bridgehead atoms. The first kappa shape index (κ1) is 11.8. The maximum Gasteiger partial charge on any atom is 0.261 e. The highest BCUT2D eigenvalue weighted by Gasteiger charge is 2.15. The van der Waals surface area contributed by atoms with Gasteiger partial charge in [0.05, 0.1) is 10.9 Å². The molecular weight excluding hydrogens is 236 g/mol. The molecule has 0 aliphatic rings. The third-order valence-electron chi connectivity index (χ3n) is 2.31. The Labute approximate surface area is 103 Å². The molecule has 0 aliphatic heterocycles. The number of nitrogens with zero attached hydrogens (tertiary/aromatic N) is 2. The van der Waals surface area contributed by atoms with Crippen molar-refractivity contribution in [2.24, 2.45) is 0 Å². The van der Waals surface area contributed by atoms with Crippen molar-refractivity contribution in [3.05, 3.63) is 33.5 Å². The van der Waals surface area contributed by atoms with Gasteiger partial charge < -0.3 is 5.32 Å². The zero-order valence-electron chi connectivity index (χ0n) is 9.94. The van der Waals surface area contributed by atoms with Crippen LogP contribution in [0.4, 0.5) is 0 Å². The monoisotopic (exact) mass is 250 g/mol. The molecular formula is C11H14N4OS. The molecule has 1 atom stereocenters. The summed E-state index contributed by atoms with van der Waals surface area (Å²) in [6.07, 6.45) is 0. The van der Waals surface area contributed by atoms with Crippen LogP contribution in [0.3, 0.4) is 0 Å². The Kier molecular flexibility index (Phi) is 3.23. The number of carbonyl (C=O) groups excluding carboxylic acids is 1. The number of aryl methyl sites for hydroxylation is 2. The maximum atomic E-state index is 11.9. The molecule has 0 spiro atoms. The first-order chi connectivity index (χ1) is 8.06. The summed E-state index contributed by atoms with van der Waals surface area (Å²) < 4.78 is 0. The number of H-pyrrole nitrogens is 1. The van der Waals surface area contributed by atoms with Gasteiger partial charge in [0.1, 0.15) is 5.82 Å². The van der Waals surface area contributed by atoms with E-state index in [1.165, 1.54) is 11.3 Å². The molecule has 2 aromatic rings. The van der Waals surface area contributed by atoms with Crippen LogP contribution in [0.1, 0.15) is 39.2 Å². The van der Waals surface area contributed by atoms with Crippen LogP contribution in [0.5, 0.6) is 0 Å². The van der Waals surface area contributed by atoms with Crippen molar-refractivity contribution >= 4 is 17.2 Å². The maximum absolute atomic E-state index is 11.9. The van der Waals surface area contributed by atoms with Gasteiger partial charge in [-0.05, 0) is 32.9 Å². The van der Waals surface area contributed by atoms with Crippen molar-refractivity contribution in [3.63, 3.8) is 0 Å². The highest BCUT2D eigenvalue weighted by atomic mass is 32.1. The predicted molar refractivity (Wildman–Crippen MR) is 66.1 cm³/mol. The second kappa shape index (κ2) is 4.67. The minimum Gasteiger partial charge on any atom is -0.342 e. The predicted octanol–water partition coefficient (Wildman–Crippen LogP) is 1.97. The molecule has 0 aromatic carbocycles. The summed E-state index contributed by atoms with van der Waals surface area (Å²) >= 11 is 1.48. The Morgan fingerprint density at radius 2 is 2.24 bits per heavy atom. The van der Waals surface area contributed by atoms with Crippen molar-refractivity contribution < 1.29 is 4.79 Å². The van der Waals surface area contributed by atoms with Gasteiger partial charge in [-0.25, -0.2) is 4.98 Å². The van der Waals surface area contributed by atoms with Crippen LogP contribution >= 0.6 is 11.3 Å². The summed E-state index contributed by atoms with van der Waals surface area (Å²) in [5.74, 6) is 1.26. The van der Waals surface area contributed by atoms with Gasteiger partial charge in [0.2, 0.25) is 0 Å². The van der Waals surface area contributed by atoms with Gasteiger partial charge in [0.15, 0.2) is 5.82 Å². The number of nitrogens with one attached hydrogen (secondary N) is 2. The zero-order chi connectivity index (χ0) is 12.4. The Balaban J connectivity index is 2.04. The lowest BCUT2D eigenvalue weighted by molar-refractivity contribution is 0.0942. The number of amides is 1. The lowest BCUT2D eigenvalue weighted by atomic mass is 10.3. The molecule has 17 heavy (non-hydrogen) atoms. The largest absolute Gasteiger partial charge is 0.342 e. The van der Waals surface area contributed by atoms with Gasteiger partial charge in [-0.3, -0.25) is 9.89 Å². The number of carbonyl (C=O) groups is 1. The van der Waals surface area contributed by atoms with Gasteiger partial charge >= 0.3 is 0 Å². The normalized spacial score (nSPS) is 12.4. The summed E-state index contributed by atoms with van der Waals surface area (Å²) in [7, 11) is 0. The average molecular weight is 250 g/mol. The van der Waals surface area contributed by atoms with E-state index in [1.54, 1.807) is 0 Å². The van der Waals surface area contributed by atoms with Gasteiger partial charge in [0.25, 0.3) is 5.91 Å². The van der Waals surface area contributed by atoms with Crippen LogP contribution in [-0.2, 0) is 0 Å². The van der Waals surface area contributed by atoms with Crippen molar-refractivity contribution in [3.8, 4) is 0 Å². The lowest BCUT2D eigenvalue weighted by Gasteiger charge is -2.08. The summed E-state index contributed by atoms with van der Waals surface area (Å²) in [5, 5.41) is 9.64. The zero-order valence-corrected chi connectivity index (χ0v) is 10.8. The fourth-order valence-electron chi connectivity index (χ4n) is 1.44. The fraction of sp³-hybridized carbons (Fsp3) is 0.364. The second-order valence-corrected chi connectivity index (χ2v) is 5.17. The number of rotatable bonds is 3. The number of hydrogen-bond donors (Lipinski definition) is 2. The van der Waals surface area contributed by atoms with E-state index in [2.05, 4.69) is 20.5 Å². The van der Waals surface area contributed by atoms with E-state index in [9.17, 15) is 4.79 Å². The third kappa shape index (κ3) is 2.71. The number of thiophene rings is 1. The van der Waals surface area contributed by atoms with Crippen molar-refractivity contribution in [2.75, 3.05) is 0 Å². The SMILES string of the molecule is Cc1nc([C@H](C)NC(=O)c2ccc(C)s2)n[nH]1. The van der Waals surface area contributed by atoms with E-state index in [0.29, 0.717) is 10.7 Å². The van der Waals surface area contributed by atoms with E-state index < -0.39 is 0 Å². The van der Waals surface area contributed by atoms with Gasteiger partial charge in [0, 0.05) is 4.88 Å². The van der Waals surface area contributed by atoms with E-state index in [-0.39, 0.29) is 11.9 Å². The van der Waals surface area contributed by atoms with Gasteiger partial charge in [-0.2, -0.15) is 5.10 Å². The Hall–Kier alpha value is -1.69. The van der Waals surface area contributed by atoms with Crippen LogP contribution in [0.25, 0.3) is 0 Å². The molecule has 2 heterocycles. The smallest absolute Gasteiger partial charge is 0.261 e. The van der Waals surface area contributed by atoms with Crippen molar-refractivity contribution in [2.45, 2.75) is 26.8 Å². The van der Waals surface area contributed by atoms with E-state index >= 15 is 0 Å². The number of hydrogen-bond acceptors (Lipinski definition) is 4. The molecule has 0 fully saturated rings. The minimum atomic E-state index is -0.199. The Morgan fingerprint density at radius 3 is 2.76 bits per heavy atom. The van der Waals surface area contributed by atoms with Crippen molar-refractivity contribution in [1.29, 1.82) is 0 Å². The molecule has 90 valence electrons. The molecule has 1 amide bonds. The quantitative estimate of drug-likeness (QED) is 0.875. The topological polar surface area (TPSA) is 70.7 Å². The Morgan fingerprint density at radius 1 is 1.47 bits per heavy atom. The first-order valence-electron chi connectivity index (χ1n) is 5.32.